The first-order valence-electron chi connectivity index (χ1n) is 9.95. The van der Waals surface area contributed by atoms with Crippen molar-refractivity contribution in [1.29, 1.82) is 0 Å². The molecule has 2 saturated heterocycles. The van der Waals surface area contributed by atoms with Crippen LogP contribution in [0.5, 0.6) is 5.75 Å². The monoisotopic (exact) mass is 373 g/mol. The molecule has 0 bridgehead atoms. The van der Waals surface area contributed by atoms with Gasteiger partial charge in [0, 0.05) is 44.8 Å². The Morgan fingerprint density at radius 3 is 2.33 bits per heavy atom. The molecule has 2 heterocycles. The fourth-order valence-corrected chi connectivity index (χ4v) is 3.90. The third-order valence-electron chi connectivity index (χ3n) is 5.92. The van der Waals surface area contributed by atoms with Gasteiger partial charge in [-0.15, -0.1) is 0 Å². The van der Waals surface area contributed by atoms with Crippen LogP contribution in [-0.4, -0.2) is 78.9 Å². The molecule has 27 heavy (non-hydrogen) atoms. The zero-order valence-electron chi connectivity index (χ0n) is 16.7. The molecule has 0 radical (unpaired) electrons. The second-order valence-electron chi connectivity index (χ2n) is 7.74. The van der Waals surface area contributed by atoms with E-state index in [0.717, 1.165) is 44.9 Å². The molecule has 2 aliphatic rings. The maximum Gasteiger partial charge on any atom is 0.254 e. The van der Waals surface area contributed by atoms with Gasteiger partial charge in [-0.1, -0.05) is 13.0 Å². The quantitative estimate of drug-likeness (QED) is 0.811. The number of rotatable bonds is 4. The van der Waals surface area contributed by atoms with Gasteiger partial charge in [0.25, 0.3) is 5.91 Å². The van der Waals surface area contributed by atoms with Crippen molar-refractivity contribution in [2.24, 2.45) is 5.92 Å². The van der Waals surface area contributed by atoms with E-state index >= 15 is 0 Å². The zero-order valence-corrected chi connectivity index (χ0v) is 16.7. The highest BCUT2D eigenvalue weighted by Crippen LogP contribution is 2.19. The number of piperazine rings is 1. The van der Waals surface area contributed by atoms with E-state index in [0.29, 0.717) is 24.4 Å². The Hall–Kier alpha value is -2.08. The lowest BCUT2D eigenvalue weighted by atomic mass is 9.98. The lowest BCUT2D eigenvalue weighted by Gasteiger charge is -2.40. The van der Waals surface area contributed by atoms with Crippen molar-refractivity contribution in [3.8, 4) is 5.75 Å². The Morgan fingerprint density at radius 1 is 1.04 bits per heavy atom. The SMILES string of the molecule is COc1cccc(C(=O)N2CCN(C(C)C(=O)N3CCC(C)CC3)CC2)c1. The average molecular weight is 373 g/mol. The summed E-state index contributed by atoms with van der Waals surface area (Å²) in [6.45, 7) is 8.75. The molecule has 1 aromatic carbocycles. The normalized spacial score (nSPS) is 20.4. The number of benzene rings is 1. The maximum absolute atomic E-state index is 12.8. The first-order valence-corrected chi connectivity index (χ1v) is 9.95. The van der Waals surface area contributed by atoms with Gasteiger partial charge in [0.15, 0.2) is 0 Å². The van der Waals surface area contributed by atoms with Gasteiger partial charge >= 0.3 is 0 Å². The molecular weight excluding hydrogens is 342 g/mol. The van der Waals surface area contributed by atoms with Gasteiger partial charge in [0.1, 0.15) is 5.75 Å². The Bertz CT molecular complexity index is 662. The van der Waals surface area contributed by atoms with E-state index in [1.54, 1.807) is 13.2 Å². The van der Waals surface area contributed by atoms with E-state index in [9.17, 15) is 9.59 Å². The summed E-state index contributed by atoms with van der Waals surface area (Å²) >= 11 is 0. The van der Waals surface area contributed by atoms with Crippen LogP contribution in [0.25, 0.3) is 0 Å². The fraction of sp³-hybridized carbons (Fsp3) is 0.619. The molecule has 2 fully saturated rings. The standard InChI is InChI=1S/C21H31N3O3/c1-16-7-9-23(10-8-16)20(25)17(2)22-11-13-24(14-12-22)21(26)18-5-4-6-19(15-18)27-3/h4-6,15-17H,7-14H2,1-3H3. The number of piperidine rings is 1. The molecule has 2 amide bonds. The van der Waals surface area contributed by atoms with Crippen LogP contribution in [0.15, 0.2) is 24.3 Å². The molecule has 2 aliphatic heterocycles. The lowest BCUT2D eigenvalue weighted by Crippen LogP contribution is -2.56. The second-order valence-corrected chi connectivity index (χ2v) is 7.74. The van der Waals surface area contributed by atoms with E-state index in [4.69, 9.17) is 4.74 Å². The van der Waals surface area contributed by atoms with Crippen LogP contribution in [0.3, 0.4) is 0 Å². The predicted octanol–water partition coefficient (Wildman–Crippen LogP) is 2.10. The molecule has 6 heteroatoms. The van der Waals surface area contributed by atoms with E-state index in [1.165, 1.54) is 0 Å². The minimum Gasteiger partial charge on any atom is -0.497 e. The molecule has 1 atom stereocenters. The van der Waals surface area contributed by atoms with Gasteiger partial charge in [-0.25, -0.2) is 0 Å². The summed E-state index contributed by atoms with van der Waals surface area (Å²) < 4.78 is 5.21. The van der Waals surface area contributed by atoms with Crippen molar-refractivity contribution in [2.45, 2.75) is 32.7 Å². The molecule has 0 aromatic heterocycles. The molecule has 1 unspecified atom stereocenters. The number of hydrogen-bond acceptors (Lipinski definition) is 4. The highest BCUT2D eigenvalue weighted by atomic mass is 16.5. The number of nitrogens with zero attached hydrogens (tertiary/aromatic N) is 3. The van der Waals surface area contributed by atoms with Crippen LogP contribution in [0.1, 0.15) is 37.0 Å². The number of carbonyl (C=O) groups excluding carboxylic acids is 2. The number of ether oxygens (including phenoxy) is 1. The Labute approximate surface area is 162 Å². The van der Waals surface area contributed by atoms with Gasteiger partial charge in [0.05, 0.1) is 13.2 Å². The van der Waals surface area contributed by atoms with Crippen LogP contribution in [0.4, 0.5) is 0 Å². The van der Waals surface area contributed by atoms with Gasteiger partial charge in [-0.05, 0) is 43.9 Å². The van der Waals surface area contributed by atoms with E-state index in [1.807, 2.05) is 34.9 Å². The lowest BCUT2D eigenvalue weighted by molar-refractivity contribution is -0.138. The largest absolute Gasteiger partial charge is 0.497 e. The zero-order chi connectivity index (χ0) is 19.4. The Balaban J connectivity index is 1.53. The second kappa shape index (κ2) is 8.74. The molecule has 0 aliphatic carbocycles. The van der Waals surface area contributed by atoms with Crippen molar-refractivity contribution in [3.05, 3.63) is 29.8 Å². The Kier molecular flexibility index (Phi) is 6.37. The van der Waals surface area contributed by atoms with Gasteiger partial charge in [-0.2, -0.15) is 0 Å². The maximum atomic E-state index is 12.8. The summed E-state index contributed by atoms with van der Waals surface area (Å²) in [4.78, 5) is 31.6. The summed E-state index contributed by atoms with van der Waals surface area (Å²) in [5.41, 5.74) is 0.648. The van der Waals surface area contributed by atoms with Gasteiger partial charge in [-0.3, -0.25) is 14.5 Å². The number of methoxy groups -OCH3 is 1. The topological polar surface area (TPSA) is 53.1 Å². The first-order chi connectivity index (χ1) is 13.0. The Morgan fingerprint density at radius 2 is 1.70 bits per heavy atom. The van der Waals surface area contributed by atoms with E-state index in [-0.39, 0.29) is 17.9 Å². The summed E-state index contributed by atoms with van der Waals surface area (Å²) in [7, 11) is 1.60. The van der Waals surface area contributed by atoms with E-state index < -0.39 is 0 Å². The number of hydrogen-bond donors (Lipinski definition) is 0. The smallest absolute Gasteiger partial charge is 0.254 e. The molecule has 0 spiro atoms. The summed E-state index contributed by atoms with van der Waals surface area (Å²) in [5.74, 6) is 1.66. The van der Waals surface area contributed by atoms with Crippen LogP contribution < -0.4 is 4.74 Å². The van der Waals surface area contributed by atoms with E-state index in [2.05, 4.69) is 11.8 Å². The summed E-state index contributed by atoms with van der Waals surface area (Å²) in [6, 6.07) is 7.15. The number of carbonyl (C=O) groups is 2. The highest BCUT2D eigenvalue weighted by Gasteiger charge is 2.31. The van der Waals surface area contributed by atoms with Crippen LogP contribution in [-0.2, 0) is 4.79 Å². The number of likely N-dealkylation sites (tertiary alicyclic amines) is 1. The van der Waals surface area contributed by atoms with Crippen molar-refractivity contribution < 1.29 is 14.3 Å². The predicted molar refractivity (Wildman–Crippen MR) is 105 cm³/mol. The third kappa shape index (κ3) is 4.61. The fourth-order valence-electron chi connectivity index (χ4n) is 3.90. The molecule has 0 N–H and O–H groups in total. The van der Waals surface area contributed by atoms with Gasteiger partial charge < -0.3 is 14.5 Å². The van der Waals surface area contributed by atoms with Crippen LogP contribution in [0.2, 0.25) is 0 Å². The van der Waals surface area contributed by atoms with Crippen molar-refractivity contribution >= 4 is 11.8 Å². The molecule has 3 rings (SSSR count). The first kappa shape index (κ1) is 19.7. The highest BCUT2D eigenvalue weighted by molar-refractivity contribution is 5.94. The third-order valence-corrected chi connectivity index (χ3v) is 5.92. The minimum atomic E-state index is -0.118. The molecular formula is C21H31N3O3. The minimum absolute atomic E-state index is 0.0255. The van der Waals surface area contributed by atoms with Crippen molar-refractivity contribution in [1.82, 2.24) is 14.7 Å². The molecule has 6 nitrogen and oxygen atoms in total. The van der Waals surface area contributed by atoms with Crippen LogP contribution in [0, 0.1) is 5.92 Å². The summed E-state index contributed by atoms with van der Waals surface area (Å²) in [5, 5.41) is 0. The van der Waals surface area contributed by atoms with Crippen molar-refractivity contribution in [2.75, 3.05) is 46.4 Å². The van der Waals surface area contributed by atoms with Crippen LogP contribution >= 0.6 is 0 Å². The average Bonchev–Trinajstić information content (AvgIpc) is 2.73. The summed E-state index contributed by atoms with van der Waals surface area (Å²) in [6.07, 6.45) is 2.20. The molecule has 1 aromatic rings. The van der Waals surface area contributed by atoms with Crippen molar-refractivity contribution in [3.63, 3.8) is 0 Å². The molecule has 0 saturated carbocycles. The van der Waals surface area contributed by atoms with Gasteiger partial charge in [0.2, 0.25) is 5.91 Å². The molecule has 148 valence electrons. The number of amides is 2.